The second-order valence-electron chi connectivity index (χ2n) is 13.0. The molecule has 1 amide bonds. The number of fused-ring (bicyclic) bond motifs is 1. The van der Waals surface area contributed by atoms with Crippen LogP contribution >= 0.6 is 0 Å². The number of carboxylic acid groups (broad SMARTS) is 1. The zero-order chi connectivity index (χ0) is 34.1. The Morgan fingerprint density at radius 3 is 2.25 bits per heavy atom. The summed E-state index contributed by atoms with van der Waals surface area (Å²) in [5, 5.41) is 26.7. The van der Waals surface area contributed by atoms with E-state index in [9.17, 15) is 23.4 Å². The van der Waals surface area contributed by atoms with Gasteiger partial charge < -0.3 is 30.3 Å². The minimum atomic E-state index is -4.09. The highest BCUT2D eigenvalue weighted by molar-refractivity contribution is 7.89. The van der Waals surface area contributed by atoms with Gasteiger partial charge in [0.1, 0.15) is 0 Å². The SMILES string of the molecule is CC(C)CN(C[C@@H](O)[C@H](Cc1ccccc1)NC(=O)O)S(=O)(=O)c1ccc2nc(NCCN3CCCC3)n(CCc3ccccc3)c2c1. The van der Waals surface area contributed by atoms with Gasteiger partial charge in [-0.2, -0.15) is 4.31 Å². The van der Waals surface area contributed by atoms with Crippen LogP contribution in [0.1, 0.15) is 37.8 Å². The minimum absolute atomic E-state index is 0.0430. The second-order valence-corrected chi connectivity index (χ2v) is 14.9. The quantitative estimate of drug-likeness (QED) is 0.127. The summed E-state index contributed by atoms with van der Waals surface area (Å²) in [6, 6.07) is 23.4. The fourth-order valence-electron chi connectivity index (χ4n) is 6.31. The van der Waals surface area contributed by atoms with Gasteiger partial charge in [0.2, 0.25) is 16.0 Å². The number of imidazole rings is 1. The number of likely N-dealkylation sites (tertiary alicyclic amines) is 1. The summed E-state index contributed by atoms with van der Waals surface area (Å²) in [5.41, 5.74) is 3.39. The number of aliphatic hydroxyl groups excluding tert-OH is 1. The molecule has 1 fully saturated rings. The van der Waals surface area contributed by atoms with Crippen molar-refractivity contribution in [2.24, 2.45) is 5.92 Å². The molecule has 4 N–H and O–H groups in total. The van der Waals surface area contributed by atoms with Crippen LogP contribution in [-0.2, 0) is 29.4 Å². The average Bonchev–Trinajstić information content (AvgIpc) is 3.71. The molecule has 0 saturated carbocycles. The van der Waals surface area contributed by atoms with Crippen molar-refractivity contribution in [2.75, 3.05) is 44.6 Å². The summed E-state index contributed by atoms with van der Waals surface area (Å²) < 4.78 is 31.9. The number of aromatic nitrogens is 2. The highest BCUT2D eigenvalue weighted by Crippen LogP contribution is 2.27. The molecule has 2 atom stereocenters. The first-order valence-electron chi connectivity index (χ1n) is 16.8. The number of nitrogens with one attached hydrogen (secondary N) is 2. The average molecular weight is 677 g/mol. The lowest BCUT2D eigenvalue weighted by atomic mass is 10.0. The molecule has 2 heterocycles. The van der Waals surface area contributed by atoms with Crippen LogP contribution in [0.4, 0.5) is 10.7 Å². The lowest BCUT2D eigenvalue weighted by molar-refractivity contribution is 0.0980. The Morgan fingerprint density at radius 1 is 0.938 bits per heavy atom. The molecular weight excluding hydrogens is 628 g/mol. The smallest absolute Gasteiger partial charge is 0.404 e. The van der Waals surface area contributed by atoms with Crippen molar-refractivity contribution in [3.8, 4) is 0 Å². The molecular formula is C36H48N6O5S. The van der Waals surface area contributed by atoms with Crippen LogP contribution in [0, 0.1) is 5.92 Å². The Bertz CT molecular complexity index is 1730. The lowest BCUT2D eigenvalue weighted by Gasteiger charge is -2.30. The molecule has 0 bridgehead atoms. The molecule has 1 aliphatic heterocycles. The summed E-state index contributed by atoms with van der Waals surface area (Å²) in [4.78, 5) is 19.0. The molecule has 1 saturated heterocycles. The zero-order valence-corrected chi connectivity index (χ0v) is 28.6. The Kier molecular flexibility index (Phi) is 12.1. The van der Waals surface area contributed by atoms with Gasteiger partial charge in [-0.05, 0) is 74.0 Å². The fraction of sp³-hybridized carbons (Fsp3) is 0.444. The number of aliphatic hydroxyl groups is 1. The van der Waals surface area contributed by atoms with Gasteiger partial charge in [0.05, 0.1) is 28.1 Å². The monoisotopic (exact) mass is 676 g/mol. The van der Waals surface area contributed by atoms with Gasteiger partial charge in [-0.15, -0.1) is 0 Å². The number of benzene rings is 3. The van der Waals surface area contributed by atoms with Crippen molar-refractivity contribution in [3.63, 3.8) is 0 Å². The van der Waals surface area contributed by atoms with Crippen molar-refractivity contribution in [1.82, 2.24) is 24.1 Å². The summed E-state index contributed by atoms with van der Waals surface area (Å²) in [5.74, 6) is 0.658. The molecule has 0 spiro atoms. The molecule has 5 rings (SSSR count). The van der Waals surface area contributed by atoms with Gasteiger partial charge in [0.15, 0.2) is 0 Å². The summed E-state index contributed by atoms with van der Waals surface area (Å²) in [7, 11) is -4.09. The first-order chi connectivity index (χ1) is 23.1. The van der Waals surface area contributed by atoms with Crippen LogP contribution in [0.5, 0.6) is 0 Å². The Hall–Kier alpha value is -3.97. The highest BCUT2D eigenvalue weighted by Gasteiger charge is 2.32. The molecule has 0 aliphatic carbocycles. The summed E-state index contributed by atoms with van der Waals surface area (Å²) in [6.07, 6.45) is 0.829. The van der Waals surface area contributed by atoms with Gasteiger partial charge in [-0.1, -0.05) is 74.5 Å². The molecule has 4 aromatic rings. The predicted octanol–water partition coefficient (Wildman–Crippen LogP) is 4.67. The zero-order valence-electron chi connectivity index (χ0n) is 27.8. The van der Waals surface area contributed by atoms with Crippen molar-refractivity contribution in [1.29, 1.82) is 0 Å². The van der Waals surface area contributed by atoms with E-state index in [-0.39, 0.29) is 30.3 Å². The maximum atomic E-state index is 14.3. The van der Waals surface area contributed by atoms with Crippen molar-refractivity contribution in [3.05, 3.63) is 90.0 Å². The van der Waals surface area contributed by atoms with E-state index in [0.29, 0.717) is 23.5 Å². The van der Waals surface area contributed by atoms with E-state index in [1.165, 1.54) is 22.7 Å². The Labute approximate surface area is 283 Å². The normalized spacial score (nSPS) is 15.3. The third-order valence-electron chi connectivity index (χ3n) is 8.77. The minimum Gasteiger partial charge on any atom is -0.465 e. The van der Waals surface area contributed by atoms with Crippen LogP contribution in [0.3, 0.4) is 0 Å². The van der Waals surface area contributed by atoms with Gasteiger partial charge in [-0.3, -0.25) is 0 Å². The maximum Gasteiger partial charge on any atom is 0.404 e. The third-order valence-corrected chi connectivity index (χ3v) is 10.6. The molecule has 258 valence electrons. The molecule has 48 heavy (non-hydrogen) atoms. The molecule has 0 radical (unpaired) electrons. The standard InChI is InChI=1S/C36H48N6O5S/c1-27(2)25-41(26-34(43)32(39-36(44)45)23-29-13-7-4-8-14-29)48(46,47)30-15-16-31-33(24-30)42(21-17-28-11-5-3-6-12-28)35(38-31)37-18-22-40-19-9-10-20-40/h3-8,11-16,24,27,32,34,39,43H,9-10,17-23,25-26H2,1-2H3,(H,37,38)(H,44,45)/t32-,34+/m0/s1. The predicted molar refractivity (Wildman–Crippen MR) is 189 cm³/mol. The number of carbonyl (C=O) groups is 1. The highest BCUT2D eigenvalue weighted by atomic mass is 32.2. The van der Waals surface area contributed by atoms with Gasteiger partial charge in [-0.25, -0.2) is 18.2 Å². The van der Waals surface area contributed by atoms with Gasteiger partial charge in [0.25, 0.3) is 0 Å². The number of nitrogens with zero attached hydrogens (tertiary/aromatic N) is 4. The molecule has 1 aliphatic rings. The number of hydrogen-bond acceptors (Lipinski definition) is 7. The largest absolute Gasteiger partial charge is 0.465 e. The number of rotatable bonds is 17. The third kappa shape index (κ3) is 9.34. The van der Waals surface area contributed by atoms with E-state index in [2.05, 4.69) is 32.2 Å². The first kappa shape index (κ1) is 35.3. The molecule has 12 heteroatoms. The summed E-state index contributed by atoms with van der Waals surface area (Å²) >= 11 is 0. The number of amides is 1. The first-order valence-corrected chi connectivity index (χ1v) is 18.3. The van der Waals surface area contributed by atoms with E-state index >= 15 is 0 Å². The molecule has 0 unspecified atom stereocenters. The number of sulfonamides is 1. The van der Waals surface area contributed by atoms with Crippen LogP contribution in [0.25, 0.3) is 11.0 Å². The van der Waals surface area contributed by atoms with E-state index in [1.54, 1.807) is 18.2 Å². The Morgan fingerprint density at radius 2 is 1.60 bits per heavy atom. The van der Waals surface area contributed by atoms with Crippen LogP contribution in [0.2, 0.25) is 0 Å². The topological polar surface area (TPSA) is 140 Å². The van der Waals surface area contributed by atoms with E-state index < -0.39 is 28.3 Å². The number of aryl methyl sites for hydroxylation is 2. The number of anilines is 1. The number of hydrogen-bond donors (Lipinski definition) is 4. The van der Waals surface area contributed by atoms with Crippen molar-refractivity contribution in [2.45, 2.75) is 63.1 Å². The van der Waals surface area contributed by atoms with Crippen LogP contribution < -0.4 is 10.6 Å². The van der Waals surface area contributed by atoms with Gasteiger partial charge in [0, 0.05) is 32.7 Å². The lowest BCUT2D eigenvalue weighted by Crippen LogP contribution is -2.50. The van der Waals surface area contributed by atoms with Crippen LogP contribution in [-0.4, -0.2) is 94.9 Å². The van der Waals surface area contributed by atoms with Crippen LogP contribution in [0.15, 0.2) is 83.8 Å². The Balaban J connectivity index is 1.43. The van der Waals surface area contributed by atoms with E-state index in [0.717, 1.165) is 38.2 Å². The van der Waals surface area contributed by atoms with E-state index in [4.69, 9.17) is 4.98 Å². The van der Waals surface area contributed by atoms with E-state index in [1.807, 2.05) is 62.4 Å². The second kappa shape index (κ2) is 16.4. The molecule has 1 aromatic heterocycles. The van der Waals surface area contributed by atoms with Crippen molar-refractivity contribution < 1.29 is 23.4 Å². The fourth-order valence-corrected chi connectivity index (χ4v) is 7.96. The molecule has 11 nitrogen and oxygen atoms in total. The van der Waals surface area contributed by atoms with Gasteiger partial charge >= 0.3 is 6.09 Å². The van der Waals surface area contributed by atoms with Crippen molar-refractivity contribution >= 4 is 33.1 Å². The summed E-state index contributed by atoms with van der Waals surface area (Å²) in [6.45, 7) is 8.16. The molecule has 3 aromatic carbocycles. The maximum absolute atomic E-state index is 14.3.